The van der Waals surface area contributed by atoms with Crippen molar-refractivity contribution < 1.29 is 9.21 Å². The molecule has 1 N–H and O–H groups in total. The zero-order chi connectivity index (χ0) is 20.4. The third-order valence-electron chi connectivity index (χ3n) is 4.84. The van der Waals surface area contributed by atoms with E-state index in [1.54, 1.807) is 18.4 Å². The van der Waals surface area contributed by atoms with Gasteiger partial charge in [-0.3, -0.25) is 14.0 Å². The van der Waals surface area contributed by atoms with Crippen LogP contribution in [0.1, 0.15) is 31.2 Å². The van der Waals surface area contributed by atoms with Gasteiger partial charge in [-0.05, 0) is 24.1 Å². The van der Waals surface area contributed by atoms with Crippen molar-refractivity contribution in [1.29, 1.82) is 0 Å². The van der Waals surface area contributed by atoms with E-state index in [9.17, 15) is 9.59 Å². The van der Waals surface area contributed by atoms with E-state index in [0.29, 0.717) is 48.5 Å². The maximum atomic E-state index is 12.8. The first-order chi connectivity index (χ1) is 14.1. The third kappa shape index (κ3) is 3.91. The highest BCUT2D eigenvalue weighted by Gasteiger charge is 2.15. The smallest absolute Gasteiger partial charge is 0.291 e. The van der Waals surface area contributed by atoms with Gasteiger partial charge in [0.2, 0.25) is 5.91 Å². The number of aromatic nitrogens is 3. The number of nitrogens with one attached hydrogen (secondary N) is 1. The Bertz CT molecular complexity index is 1240. The van der Waals surface area contributed by atoms with Gasteiger partial charge in [0, 0.05) is 43.1 Å². The number of rotatable bonds is 7. The number of benzene rings is 1. The number of aryl methyl sites for hydroxylation is 2. The van der Waals surface area contributed by atoms with Crippen LogP contribution in [0.4, 0.5) is 0 Å². The Balaban J connectivity index is 1.42. The lowest BCUT2D eigenvalue weighted by Crippen LogP contribution is -2.28. The molecule has 0 aliphatic carbocycles. The molecule has 29 heavy (non-hydrogen) atoms. The maximum Gasteiger partial charge on any atom is 0.291 e. The second-order valence-electron chi connectivity index (χ2n) is 6.84. The van der Waals surface area contributed by atoms with Gasteiger partial charge < -0.3 is 9.73 Å². The molecule has 0 aliphatic heterocycles. The largest absolute Gasteiger partial charge is 0.463 e. The van der Waals surface area contributed by atoms with E-state index >= 15 is 0 Å². The molecular formula is C21H21ClN4O3. The molecule has 4 rings (SSSR count). The zero-order valence-corrected chi connectivity index (χ0v) is 16.8. The first kappa shape index (κ1) is 19.3. The second kappa shape index (κ2) is 8.13. The highest BCUT2D eigenvalue weighted by Crippen LogP contribution is 2.20. The Morgan fingerprint density at radius 3 is 2.90 bits per heavy atom. The van der Waals surface area contributed by atoms with Gasteiger partial charge in [-0.2, -0.15) is 5.10 Å². The van der Waals surface area contributed by atoms with Crippen LogP contribution in [0.5, 0.6) is 0 Å². The summed E-state index contributed by atoms with van der Waals surface area (Å²) in [6.45, 7) is 2.79. The minimum Gasteiger partial charge on any atom is -0.463 e. The van der Waals surface area contributed by atoms with Crippen LogP contribution in [0.25, 0.3) is 16.6 Å². The molecule has 150 valence electrons. The Kier molecular flexibility index (Phi) is 5.40. The molecule has 3 aromatic heterocycles. The molecule has 8 heteroatoms. The predicted octanol–water partition coefficient (Wildman–Crippen LogP) is 3.55. The Morgan fingerprint density at radius 2 is 2.10 bits per heavy atom. The number of amides is 1. The van der Waals surface area contributed by atoms with Crippen molar-refractivity contribution in [2.45, 2.75) is 39.3 Å². The molecular weight excluding hydrogens is 392 g/mol. The molecule has 1 aromatic carbocycles. The average molecular weight is 413 g/mol. The second-order valence-corrected chi connectivity index (χ2v) is 7.28. The van der Waals surface area contributed by atoms with Gasteiger partial charge in [-0.15, -0.1) is 0 Å². The van der Waals surface area contributed by atoms with Gasteiger partial charge >= 0.3 is 0 Å². The molecule has 3 heterocycles. The summed E-state index contributed by atoms with van der Waals surface area (Å²) in [5, 5.41) is 8.01. The highest BCUT2D eigenvalue weighted by molar-refractivity contribution is 6.30. The van der Waals surface area contributed by atoms with Gasteiger partial charge in [0.25, 0.3) is 5.56 Å². The fourth-order valence-corrected chi connectivity index (χ4v) is 3.64. The Hall–Kier alpha value is -3.06. The van der Waals surface area contributed by atoms with Crippen molar-refractivity contribution in [3.63, 3.8) is 0 Å². The van der Waals surface area contributed by atoms with Crippen LogP contribution in [-0.2, 0) is 24.3 Å². The zero-order valence-electron chi connectivity index (χ0n) is 16.0. The van der Waals surface area contributed by atoms with Gasteiger partial charge in [0.1, 0.15) is 11.3 Å². The van der Waals surface area contributed by atoms with Gasteiger partial charge in [-0.1, -0.05) is 30.7 Å². The minimum absolute atomic E-state index is 0.0741. The SMILES string of the molecule is CCc1nn(CCCC(=O)NCc2cccc(Cl)c2)c(=O)c2cc3occc3n12. The van der Waals surface area contributed by atoms with Gasteiger partial charge in [-0.25, -0.2) is 4.68 Å². The summed E-state index contributed by atoms with van der Waals surface area (Å²) in [6.07, 6.45) is 3.10. The van der Waals surface area contributed by atoms with E-state index in [4.69, 9.17) is 16.0 Å². The quantitative estimate of drug-likeness (QED) is 0.503. The van der Waals surface area contributed by atoms with Crippen LogP contribution >= 0.6 is 11.6 Å². The van der Waals surface area contributed by atoms with E-state index in [1.165, 1.54) is 4.68 Å². The van der Waals surface area contributed by atoms with Crippen LogP contribution in [0, 0.1) is 0 Å². The van der Waals surface area contributed by atoms with E-state index < -0.39 is 0 Å². The van der Waals surface area contributed by atoms with Crippen molar-refractivity contribution in [3.05, 3.63) is 69.4 Å². The number of hydrogen-bond donors (Lipinski definition) is 1. The van der Waals surface area contributed by atoms with Crippen molar-refractivity contribution in [2.24, 2.45) is 0 Å². The van der Waals surface area contributed by atoms with Crippen LogP contribution in [0.2, 0.25) is 5.02 Å². The van der Waals surface area contributed by atoms with Crippen LogP contribution in [0.15, 0.2) is 51.9 Å². The lowest BCUT2D eigenvalue weighted by Gasteiger charge is -2.10. The number of halogens is 1. The monoisotopic (exact) mass is 412 g/mol. The number of furan rings is 1. The summed E-state index contributed by atoms with van der Waals surface area (Å²) < 4.78 is 8.71. The molecule has 0 fully saturated rings. The lowest BCUT2D eigenvalue weighted by atomic mass is 10.2. The summed E-state index contributed by atoms with van der Waals surface area (Å²) in [7, 11) is 0. The van der Waals surface area contributed by atoms with Crippen LogP contribution < -0.4 is 10.9 Å². The van der Waals surface area contributed by atoms with E-state index in [0.717, 1.165) is 16.9 Å². The normalized spacial score (nSPS) is 11.4. The van der Waals surface area contributed by atoms with E-state index in [1.807, 2.05) is 35.6 Å². The van der Waals surface area contributed by atoms with Crippen molar-refractivity contribution >= 4 is 34.1 Å². The molecule has 0 spiro atoms. The van der Waals surface area contributed by atoms with Crippen molar-refractivity contribution in [3.8, 4) is 0 Å². The molecule has 0 aliphatic rings. The van der Waals surface area contributed by atoms with Gasteiger partial charge in [0.05, 0.1) is 11.8 Å². The Labute approximate surface area is 171 Å². The average Bonchev–Trinajstić information content (AvgIpc) is 3.30. The summed E-state index contributed by atoms with van der Waals surface area (Å²) in [5.41, 5.74) is 2.80. The number of nitrogens with zero attached hydrogens (tertiary/aromatic N) is 3. The molecule has 1 amide bonds. The molecule has 7 nitrogen and oxygen atoms in total. The van der Waals surface area contributed by atoms with E-state index in [2.05, 4.69) is 10.4 Å². The summed E-state index contributed by atoms with van der Waals surface area (Å²) in [4.78, 5) is 24.9. The van der Waals surface area contributed by atoms with Gasteiger partial charge in [0.15, 0.2) is 5.58 Å². The summed E-state index contributed by atoms with van der Waals surface area (Å²) >= 11 is 5.95. The van der Waals surface area contributed by atoms with Crippen molar-refractivity contribution in [2.75, 3.05) is 0 Å². The van der Waals surface area contributed by atoms with Crippen LogP contribution in [-0.4, -0.2) is 20.1 Å². The lowest BCUT2D eigenvalue weighted by molar-refractivity contribution is -0.121. The number of hydrogen-bond acceptors (Lipinski definition) is 4. The van der Waals surface area contributed by atoms with E-state index in [-0.39, 0.29) is 11.5 Å². The summed E-state index contributed by atoms with van der Waals surface area (Å²) in [6, 6.07) is 10.9. The number of carbonyl (C=O) groups excluding carboxylic acids is 1. The fourth-order valence-electron chi connectivity index (χ4n) is 3.43. The topological polar surface area (TPSA) is 81.5 Å². The number of fused-ring (bicyclic) bond motifs is 3. The summed E-state index contributed by atoms with van der Waals surface area (Å²) in [5.74, 6) is 0.705. The highest BCUT2D eigenvalue weighted by atomic mass is 35.5. The van der Waals surface area contributed by atoms with Crippen LogP contribution in [0.3, 0.4) is 0 Å². The third-order valence-corrected chi connectivity index (χ3v) is 5.07. The molecule has 0 radical (unpaired) electrons. The molecule has 0 atom stereocenters. The standard InChI is InChI=1S/C21H21ClN4O3/c1-2-19-24-25(21(28)17-12-18-16(26(17)19)8-10-29-18)9-4-7-20(27)23-13-14-5-3-6-15(22)11-14/h3,5-6,8,10-12H,2,4,7,9,13H2,1H3,(H,23,27). The number of carbonyl (C=O) groups is 1. The molecule has 0 saturated heterocycles. The molecule has 0 bridgehead atoms. The van der Waals surface area contributed by atoms with Crippen molar-refractivity contribution in [1.82, 2.24) is 19.5 Å². The fraction of sp³-hybridized carbons (Fsp3) is 0.286. The first-order valence-corrected chi connectivity index (χ1v) is 9.94. The molecule has 4 aromatic rings. The Morgan fingerprint density at radius 1 is 1.24 bits per heavy atom. The predicted molar refractivity (Wildman–Crippen MR) is 111 cm³/mol. The molecule has 0 unspecified atom stereocenters. The first-order valence-electron chi connectivity index (χ1n) is 9.56. The minimum atomic E-state index is -0.187. The molecule has 0 saturated carbocycles. The maximum absolute atomic E-state index is 12.8.